The zero-order chi connectivity index (χ0) is 16.5. The largest absolute Gasteiger partial charge is 0.375 e. The van der Waals surface area contributed by atoms with E-state index in [0.717, 1.165) is 19.5 Å². The van der Waals surface area contributed by atoms with E-state index in [2.05, 4.69) is 10.5 Å². The lowest BCUT2D eigenvalue weighted by atomic mass is 10.2. The molecule has 1 atom stereocenters. The molecule has 0 amide bonds. The second kappa shape index (κ2) is 9.28. The van der Waals surface area contributed by atoms with Gasteiger partial charge in [-0.1, -0.05) is 12.1 Å². The summed E-state index contributed by atoms with van der Waals surface area (Å²) in [6.07, 6.45) is 0.881. The van der Waals surface area contributed by atoms with Crippen LogP contribution in [-0.4, -0.2) is 50.6 Å². The summed E-state index contributed by atoms with van der Waals surface area (Å²) >= 11 is 0. The van der Waals surface area contributed by atoms with Gasteiger partial charge in [-0.05, 0) is 12.5 Å². The summed E-state index contributed by atoms with van der Waals surface area (Å²) in [5.41, 5.74) is 0.621. The van der Waals surface area contributed by atoms with Crippen LogP contribution >= 0.6 is 0 Å². The van der Waals surface area contributed by atoms with Crippen LogP contribution in [0.3, 0.4) is 0 Å². The lowest BCUT2D eigenvalue weighted by Gasteiger charge is -2.15. The minimum absolute atomic E-state index is 0.0847. The van der Waals surface area contributed by atoms with Gasteiger partial charge in [-0.15, -0.1) is 0 Å². The number of alkyl halides is 1. The Hall–Kier alpha value is -1.78. The van der Waals surface area contributed by atoms with Crippen LogP contribution < -0.4 is 10.5 Å². The van der Waals surface area contributed by atoms with Crippen molar-refractivity contribution >= 4 is 22.3 Å². The van der Waals surface area contributed by atoms with Gasteiger partial charge in [0.2, 0.25) is 0 Å². The first kappa shape index (κ1) is 18.3. The third-order valence-corrected chi connectivity index (χ3v) is 3.13. The molecule has 124 valence electrons. The molecule has 0 aromatic heterocycles. The molecule has 0 aliphatic carbocycles. The molecule has 0 bridgehead atoms. The van der Waals surface area contributed by atoms with E-state index in [1.165, 1.54) is 6.07 Å². The van der Waals surface area contributed by atoms with E-state index in [1.807, 2.05) is 4.90 Å². The van der Waals surface area contributed by atoms with Gasteiger partial charge in [0.15, 0.2) is 10.9 Å². The molecule has 3 N–H and O–H groups in total. The van der Waals surface area contributed by atoms with Gasteiger partial charge in [-0.25, -0.2) is 17.9 Å². The van der Waals surface area contributed by atoms with Gasteiger partial charge in [0.25, 0.3) is 5.69 Å². The molecule has 2 rings (SSSR count). The summed E-state index contributed by atoms with van der Waals surface area (Å²) in [7, 11) is -2.62. The second-order valence-electron chi connectivity index (χ2n) is 4.68. The van der Waals surface area contributed by atoms with Gasteiger partial charge in [-0.2, -0.15) is 0 Å². The van der Waals surface area contributed by atoms with Gasteiger partial charge >= 0.3 is 0 Å². The summed E-state index contributed by atoms with van der Waals surface area (Å²) in [5.74, 6) is 0. The third-order valence-electron chi connectivity index (χ3n) is 3.13. The first-order valence-electron chi connectivity index (χ1n) is 6.61. The van der Waals surface area contributed by atoms with Crippen molar-refractivity contribution in [3.05, 3.63) is 34.4 Å². The number of nitrogens with two attached hydrogens (primary N) is 1. The van der Waals surface area contributed by atoms with Crippen LogP contribution in [0.4, 0.5) is 15.8 Å². The standard InChI is InChI=1S/C12H16FN3O2.H3NO2S/c13-6-8-15-7-5-10(9-15)14-11-3-1-2-4-12(11)16(17)18;1-4(2)3/h1-4,10,14H,5-9H2;4H,(H2,1,2,3)/t10-;/m1./s1. The van der Waals surface area contributed by atoms with Gasteiger partial charge < -0.3 is 5.32 Å². The molecule has 0 spiro atoms. The Morgan fingerprint density at radius 1 is 1.45 bits per heavy atom. The van der Waals surface area contributed by atoms with Gasteiger partial charge in [0, 0.05) is 31.7 Å². The SMILES string of the molecule is N[SH](=O)=O.O=[N+]([O-])c1ccccc1N[C@@H]1CCN(CCF)C1. The summed E-state index contributed by atoms with van der Waals surface area (Å²) < 4.78 is 29.8. The first-order chi connectivity index (χ1) is 10.4. The molecule has 0 saturated carbocycles. The number of para-hydroxylation sites is 2. The molecule has 0 unspecified atom stereocenters. The molecule has 10 heteroatoms. The first-order valence-corrected chi connectivity index (χ1v) is 7.86. The van der Waals surface area contributed by atoms with E-state index >= 15 is 0 Å². The highest BCUT2D eigenvalue weighted by atomic mass is 32.2. The van der Waals surface area contributed by atoms with Crippen LogP contribution in [0.5, 0.6) is 0 Å². The van der Waals surface area contributed by atoms with Crippen molar-refractivity contribution in [2.45, 2.75) is 12.5 Å². The number of nitrogens with one attached hydrogen (secondary N) is 1. The highest BCUT2D eigenvalue weighted by Crippen LogP contribution is 2.25. The number of likely N-dealkylation sites (tertiary alicyclic amines) is 1. The Labute approximate surface area is 129 Å². The van der Waals surface area contributed by atoms with Gasteiger partial charge in [-0.3, -0.25) is 15.0 Å². The quantitative estimate of drug-likeness (QED) is 0.410. The maximum absolute atomic E-state index is 12.2. The fourth-order valence-corrected chi connectivity index (χ4v) is 2.25. The van der Waals surface area contributed by atoms with Crippen molar-refractivity contribution in [3.8, 4) is 0 Å². The number of hydrogen-bond acceptors (Lipinski definition) is 6. The molecule has 1 heterocycles. The van der Waals surface area contributed by atoms with Crippen LogP contribution in [-0.2, 0) is 10.9 Å². The Morgan fingerprint density at radius 3 is 2.68 bits per heavy atom. The summed E-state index contributed by atoms with van der Waals surface area (Å²) in [4.78, 5) is 12.5. The Balaban J connectivity index is 0.000000541. The molecule has 1 aliphatic heterocycles. The van der Waals surface area contributed by atoms with E-state index in [0.29, 0.717) is 12.2 Å². The summed E-state index contributed by atoms with van der Waals surface area (Å²) in [5, 5.41) is 18.1. The maximum Gasteiger partial charge on any atom is 0.292 e. The highest BCUT2D eigenvalue weighted by Gasteiger charge is 2.24. The minimum atomic E-state index is -2.62. The number of nitrogens with zero attached hydrogens (tertiary/aromatic N) is 2. The summed E-state index contributed by atoms with van der Waals surface area (Å²) in [6.45, 7) is 1.66. The smallest absolute Gasteiger partial charge is 0.292 e. The minimum Gasteiger partial charge on any atom is -0.375 e. The van der Waals surface area contributed by atoms with Crippen LogP contribution in [0.15, 0.2) is 24.3 Å². The van der Waals surface area contributed by atoms with Crippen molar-refractivity contribution < 1.29 is 17.7 Å². The van der Waals surface area contributed by atoms with Crippen molar-refractivity contribution in [1.82, 2.24) is 4.90 Å². The van der Waals surface area contributed by atoms with Crippen LogP contribution in [0.25, 0.3) is 0 Å². The molecule has 1 fully saturated rings. The van der Waals surface area contributed by atoms with Gasteiger partial charge in [0.05, 0.1) is 4.92 Å². The topological polar surface area (TPSA) is 119 Å². The number of hydrogen-bond donors (Lipinski definition) is 3. The number of nitro groups is 1. The highest BCUT2D eigenvalue weighted by molar-refractivity contribution is 7.69. The number of benzene rings is 1. The number of thiol groups is 1. The number of halogens is 1. The van der Waals surface area contributed by atoms with Crippen molar-refractivity contribution in [2.75, 3.05) is 31.6 Å². The molecular formula is C12H19FN4O4S. The second-order valence-corrected chi connectivity index (χ2v) is 5.25. The van der Waals surface area contributed by atoms with E-state index in [9.17, 15) is 14.5 Å². The molecule has 1 aromatic rings. The number of nitro benzene ring substituents is 1. The average molecular weight is 334 g/mol. The molecule has 1 saturated heterocycles. The van der Waals surface area contributed by atoms with E-state index in [4.69, 9.17) is 8.42 Å². The normalized spacial score (nSPS) is 17.9. The zero-order valence-electron chi connectivity index (χ0n) is 11.9. The van der Waals surface area contributed by atoms with Crippen LogP contribution in [0.1, 0.15) is 6.42 Å². The third kappa shape index (κ3) is 6.33. The monoisotopic (exact) mass is 334 g/mol. The van der Waals surface area contributed by atoms with Crippen LogP contribution in [0.2, 0.25) is 0 Å². The average Bonchev–Trinajstić information content (AvgIpc) is 2.86. The van der Waals surface area contributed by atoms with Crippen molar-refractivity contribution in [1.29, 1.82) is 0 Å². The Bertz CT molecular complexity index is 562. The van der Waals surface area contributed by atoms with E-state index < -0.39 is 15.8 Å². The molecule has 0 radical (unpaired) electrons. The van der Waals surface area contributed by atoms with Gasteiger partial charge in [0.1, 0.15) is 12.4 Å². The Morgan fingerprint density at radius 2 is 2.09 bits per heavy atom. The Kier molecular flexibility index (Phi) is 7.71. The zero-order valence-corrected chi connectivity index (χ0v) is 12.7. The molecule has 1 aliphatic rings. The lowest BCUT2D eigenvalue weighted by Crippen LogP contribution is -2.27. The predicted molar refractivity (Wildman–Crippen MR) is 82.0 cm³/mol. The maximum atomic E-state index is 12.2. The van der Waals surface area contributed by atoms with Crippen molar-refractivity contribution in [2.24, 2.45) is 5.14 Å². The van der Waals surface area contributed by atoms with Crippen LogP contribution in [0, 0.1) is 10.1 Å². The molecular weight excluding hydrogens is 315 g/mol. The predicted octanol–water partition coefficient (Wildman–Crippen LogP) is 0.522. The van der Waals surface area contributed by atoms with Crippen molar-refractivity contribution in [3.63, 3.8) is 0 Å². The fourth-order valence-electron chi connectivity index (χ4n) is 2.25. The molecule has 22 heavy (non-hydrogen) atoms. The number of rotatable bonds is 5. The fraction of sp³-hybridized carbons (Fsp3) is 0.500. The van der Waals surface area contributed by atoms with E-state index in [1.54, 1.807) is 18.2 Å². The molecule has 8 nitrogen and oxygen atoms in total. The summed E-state index contributed by atoms with van der Waals surface area (Å²) in [6, 6.07) is 6.75. The number of anilines is 1. The lowest BCUT2D eigenvalue weighted by molar-refractivity contribution is -0.384. The van der Waals surface area contributed by atoms with E-state index in [-0.39, 0.29) is 18.4 Å². The molecule has 1 aromatic carbocycles.